The molecule has 0 aliphatic heterocycles. The predicted molar refractivity (Wildman–Crippen MR) is 124 cm³/mol. The monoisotopic (exact) mass is 605 g/mol. The molecular formula is C25H18F11NO2S. The zero-order valence-corrected chi connectivity index (χ0v) is 20.6. The Bertz CT molecular complexity index is 1280. The Labute approximate surface area is 224 Å². The van der Waals surface area contributed by atoms with Crippen LogP contribution in [0.15, 0.2) is 77.7 Å². The van der Waals surface area contributed by atoms with Gasteiger partial charge in [-0.05, 0) is 65.9 Å². The lowest BCUT2D eigenvalue weighted by atomic mass is 10.0. The number of halogens is 11. The SMILES string of the molecule is OC(CN(Cc1cccc(C(F)(F)C(F)(F)F)c1)c1ccc(Oc2cccc(SC(F)(F)F)c2)cc1)C(F)(F)F. The molecule has 3 nitrogen and oxygen atoms in total. The number of aliphatic hydroxyl groups is 1. The summed E-state index contributed by atoms with van der Waals surface area (Å²) in [4.78, 5) is 0.750. The third-order valence-corrected chi connectivity index (χ3v) is 5.99. The van der Waals surface area contributed by atoms with E-state index in [2.05, 4.69) is 0 Å². The Hall–Kier alpha value is -3.20. The van der Waals surface area contributed by atoms with Gasteiger partial charge < -0.3 is 14.7 Å². The molecule has 0 saturated carbocycles. The Morgan fingerprint density at radius 2 is 1.38 bits per heavy atom. The lowest BCUT2D eigenvalue weighted by Crippen LogP contribution is -2.41. The van der Waals surface area contributed by atoms with Crippen molar-refractivity contribution in [3.8, 4) is 11.5 Å². The van der Waals surface area contributed by atoms with Gasteiger partial charge in [0, 0.05) is 22.7 Å². The van der Waals surface area contributed by atoms with Gasteiger partial charge in [0.05, 0.1) is 6.54 Å². The van der Waals surface area contributed by atoms with Crippen LogP contribution in [0.5, 0.6) is 11.5 Å². The molecule has 1 N–H and O–H groups in total. The van der Waals surface area contributed by atoms with E-state index in [4.69, 9.17) is 4.74 Å². The number of ether oxygens (including phenoxy) is 1. The van der Waals surface area contributed by atoms with Crippen molar-refractivity contribution >= 4 is 17.4 Å². The number of hydrogen-bond acceptors (Lipinski definition) is 4. The van der Waals surface area contributed by atoms with Gasteiger partial charge in [0.2, 0.25) is 0 Å². The fourth-order valence-electron chi connectivity index (χ4n) is 3.42. The highest BCUT2D eigenvalue weighted by atomic mass is 32.2. The molecule has 3 aromatic carbocycles. The first-order valence-electron chi connectivity index (χ1n) is 11.0. The van der Waals surface area contributed by atoms with Crippen molar-refractivity contribution in [3.63, 3.8) is 0 Å². The predicted octanol–water partition coefficient (Wildman–Crippen LogP) is 8.67. The molecule has 0 amide bonds. The summed E-state index contributed by atoms with van der Waals surface area (Å²) in [6.45, 7) is -1.69. The fraction of sp³-hybridized carbons (Fsp3) is 0.280. The Balaban J connectivity index is 1.86. The molecule has 15 heteroatoms. The first kappa shape index (κ1) is 31.3. The minimum Gasteiger partial charge on any atom is -0.457 e. The highest BCUT2D eigenvalue weighted by Crippen LogP contribution is 2.44. The smallest absolute Gasteiger partial charge is 0.457 e. The third kappa shape index (κ3) is 8.40. The average Bonchev–Trinajstić information content (AvgIpc) is 2.82. The van der Waals surface area contributed by atoms with E-state index in [0.29, 0.717) is 12.1 Å². The maximum Gasteiger partial charge on any atom is 0.458 e. The Morgan fingerprint density at radius 3 is 1.95 bits per heavy atom. The number of anilines is 1. The van der Waals surface area contributed by atoms with Crippen molar-refractivity contribution in [3.05, 3.63) is 83.9 Å². The second kappa shape index (κ2) is 11.7. The first-order valence-corrected chi connectivity index (χ1v) is 11.8. The third-order valence-electron chi connectivity index (χ3n) is 5.27. The van der Waals surface area contributed by atoms with Gasteiger partial charge in [0.15, 0.2) is 6.10 Å². The summed E-state index contributed by atoms with van der Waals surface area (Å²) in [6.07, 6.45) is -13.9. The van der Waals surface area contributed by atoms with Gasteiger partial charge in [-0.3, -0.25) is 0 Å². The summed E-state index contributed by atoms with van der Waals surface area (Å²) in [7, 11) is 0. The second-order valence-electron chi connectivity index (χ2n) is 8.33. The number of alkyl halides is 11. The molecule has 0 aliphatic rings. The van der Waals surface area contributed by atoms with Gasteiger partial charge in [-0.25, -0.2) is 0 Å². The number of thioether (sulfide) groups is 1. The molecule has 0 spiro atoms. The van der Waals surface area contributed by atoms with Crippen LogP contribution in [0.1, 0.15) is 11.1 Å². The van der Waals surface area contributed by atoms with E-state index in [-0.39, 0.29) is 39.4 Å². The normalized spacial score (nSPS) is 13.7. The van der Waals surface area contributed by atoms with Crippen LogP contribution < -0.4 is 9.64 Å². The van der Waals surface area contributed by atoms with Crippen LogP contribution in [-0.2, 0) is 12.5 Å². The molecule has 218 valence electrons. The highest BCUT2D eigenvalue weighted by molar-refractivity contribution is 8.00. The standard InChI is InChI=1S/C25H18F11NO2S/c26-22(27,24(31,32)33)16-4-1-3-15(11-16)13-37(14-21(38)23(28,29)30)17-7-9-18(10-8-17)39-19-5-2-6-20(12-19)40-25(34,35)36/h1-12,21,38H,13-14H2. The summed E-state index contributed by atoms with van der Waals surface area (Å²) in [6, 6.07) is 13.0. The average molecular weight is 605 g/mol. The van der Waals surface area contributed by atoms with Crippen LogP contribution in [0.2, 0.25) is 0 Å². The summed E-state index contributed by atoms with van der Waals surface area (Å²) in [5, 5.41) is 9.60. The van der Waals surface area contributed by atoms with E-state index in [9.17, 15) is 53.4 Å². The summed E-state index contributed by atoms with van der Waals surface area (Å²) in [5.41, 5.74) is -6.14. The number of rotatable bonds is 9. The van der Waals surface area contributed by atoms with E-state index in [0.717, 1.165) is 23.1 Å². The van der Waals surface area contributed by atoms with E-state index < -0.39 is 48.5 Å². The summed E-state index contributed by atoms with van der Waals surface area (Å²) >= 11 is -0.368. The zero-order chi connectivity index (χ0) is 29.9. The molecular weight excluding hydrogens is 587 g/mol. The largest absolute Gasteiger partial charge is 0.458 e. The van der Waals surface area contributed by atoms with Crippen LogP contribution in [0.25, 0.3) is 0 Å². The van der Waals surface area contributed by atoms with E-state index in [1.807, 2.05) is 0 Å². The number of aliphatic hydroxyl groups excluding tert-OH is 1. The molecule has 1 unspecified atom stereocenters. The van der Waals surface area contributed by atoms with Crippen molar-refractivity contribution in [2.45, 2.75) is 41.3 Å². The van der Waals surface area contributed by atoms with Crippen molar-refractivity contribution < 1.29 is 58.1 Å². The molecule has 1 atom stereocenters. The molecule has 40 heavy (non-hydrogen) atoms. The molecule has 0 saturated heterocycles. The Kier molecular flexibility index (Phi) is 9.19. The van der Waals surface area contributed by atoms with Crippen molar-refractivity contribution in [1.29, 1.82) is 0 Å². The fourth-order valence-corrected chi connectivity index (χ4v) is 4.01. The maximum atomic E-state index is 13.8. The summed E-state index contributed by atoms with van der Waals surface area (Å²) < 4.78 is 148. The molecule has 0 radical (unpaired) electrons. The molecule has 0 aromatic heterocycles. The lowest BCUT2D eigenvalue weighted by Gasteiger charge is -2.29. The van der Waals surface area contributed by atoms with Crippen LogP contribution in [-0.4, -0.2) is 35.6 Å². The minimum atomic E-state index is -5.90. The van der Waals surface area contributed by atoms with Crippen molar-refractivity contribution in [1.82, 2.24) is 0 Å². The van der Waals surface area contributed by atoms with Gasteiger partial charge in [-0.1, -0.05) is 24.3 Å². The van der Waals surface area contributed by atoms with Crippen LogP contribution >= 0.6 is 11.8 Å². The number of nitrogens with zero attached hydrogens (tertiary/aromatic N) is 1. The maximum absolute atomic E-state index is 13.8. The minimum absolute atomic E-state index is 0.00464. The van der Waals surface area contributed by atoms with Gasteiger partial charge in [-0.2, -0.15) is 48.3 Å². The van der Waals surface area contributed by atoms with Gasteiger partial charge in [-0.15, -0.1) is 0 Å². The van der Waals surface area contributed by atoms with Crippen molar-refractivity contribution in [2.24, 2.45) is 0 Å². The van der Waals surface area contributed by atoms with Gasteiger partial charge in [0.25, 0.3) is 0 Å². The van der Waals surface area contributed by atoms with Crippen LogP contribution in [0.3, 0.4) is 0 Å². The van der Waals surface area contributed by atoms with E-state index >= 15 is 0 Å². The zero-order valence-electron chi connectivity index (χ0n) is 19.8. The molecule has 0 aliphatic carbocycles. The molecule has 0 fully saturated rings. The van der Waals surface area contributed by atoms with Crippen LogP contribution in [0, 0.1) is 0 Å². The first-order chi connectivity index (χ1) is 18.3. The number of benzene rings is 3. The molecule has 0 heterocycles. The van der Waals surface area contributed by atoms with Gasteiger partial charge in [0.1, 0.15) is 11.5 Å². The van der Waals surface area contributed by atoms with E-state index in [1.165, 1.54) is 42.5 Å². The molecule has 0 bridgehead atoms. The van der Waals surface area contributed by atoms with Crippen LogP contribution in [0.4, 0.5) is 54.0 Å². The van der Waals surface area contributed by atoms with Crippen molar-refractivity contribution in [2.75, 3.05) is 11.4 Å². The topological polar surface area (TPSA) is 32.7 Å². The Morgan fingerprint density at radius 1 is 0.750 bits per heavy atom. The van der Waals surface area contributed by atoms with Gasteiger partial charge >= 0.3 is 23.8 Å². The summed E-state index contributed by atoms with van der Waals surface area (Å²) in [5.74, 6) is -5.12. The highest BCUT2D eigenvalue weighted by Gasteiger charge is 2.58. The van der Waals surface area contributed by atoms with E-state index in [1.54, 1.807) is 0 Å². The number of hydrogen-bond donors (Lipinski definition) is 1. The molecule has 3 rings (SSSR count). The second-order valence-corrected chi connectivity index (χ2v) is 9.47. The lowest BCUT2D eigenvalue weighted by molar-refractivity contribution is -0.289. The quantitative estimate of drug-likeness (QED) is 0.196. The molecule has 3 aromatic rings.